The summed E-state index contributed by atoms with van der Waals surface area (Å²) in [5, 5.41) is 9.60. The van der Waals surface area contributed by atoms with Crippen LogP contribution in [0, 0.1) is 11.3 Å². The second kappa shape index (κ2) is 18.3. The Bertz CT molecular complexity index is 2410. The molecule has 0 saturated heterocycles. The Morgan fingerprint density at radius 2 is 1.09 bits per heavy atom. The van der Waals surface area contributed by atoms with E-state index in [0.717, 1.165) is 67.3 Å². The van der Waals surface area contributed by atoms with Crippen LogP contribution in [0.25, 0.3) is 44.8 Å². The van der Waals surface area contributed by atoms with Crippen LogP contribution in [0.3, 0.4) is 0 Å². The molecule has 6 aromatic carbocycles. The predicted molar refractivity (Wildman–Crippen MR) is 227 cm³/mol. The molecule has 1 aromatic heterocycles. The summed E-state index contributed by atoms with van der Waals surface area (Å²) in [4.78, 5) is 15.0. The van der Waals surface area contributed by atoms with Crippen LogP contribution in [0.15, 0.2) is 211 Å². The molecule has 0 aliphatic rings. The first kappa shape index (κ1) is 36.6. The van der Waals surface area contributed by atoms with E-state index in [0.29, 0.717) is 11.3 Å². The van der Waals surface area contributed by atoms with Crippen LogP contribution < -0.4 is 0 Å². The Morgan fingerprint density at radius 1 is 0.556 bits per heavy atom. The highest BCUT2D eigenvalue weighted by atomic mass is 14.8. The third-order valence-corrected chi connectivity index (χ3v) is 8.67. The molecular formula is C50H40N4. The van der Waals surface area contributed by atoms with Crippen molar-refractivity contribution in [1.29, 1.82) is 5.26 Å². The third kappa shape index (κ3) is 9.16. The summed E-state index contributed by atoms with van der Waals surface area (Å²) in [5.41, 5.74) is 12.9. The first-order valence-corrected chi connectivity index (χ1v) is 17.8. The minimum Gasteiger partial charge on any atom is -0.286 e. The minimum atomic E-state index is 0.573. The van der Waals surface area contributed by atoms with Gasteiger partial charge in [-0.3, -0.25) is 4.99 Å². The van der Waals surface area contributed by atoms with Gasteiger partial charge in [0.15, 0.2) is 0 Å². The van der Waals surface area contributed by atoms with E-state index >= 15 is 0 Å². The Morgan fingerprint density at radius 3 is 1.70 bits per heavy atom. The monoisotopic (exact) mass is 696 g/mol. The highest BCUT2D eigenvalue weighted by Gasteiger charge is 2.17. The smallest absolute Gasteiger partial charge is 0.0991 e. The van der Waals surface area contributed by atoms with E-state index in [1.807, 2.05) is 91.9 Å². The third-order valence-electron chi connectivity index (χ3n) is 8.67. The molecule has 0 radical (unpaired) electrons. The predicted octanol–water partition coefficient (Wildman–Crippen LogP) is 12.6. The number of pyridine rings is 1. The van der Waals surface area contributed by atoms with Crippen molar-refractivity contribution in [3.05, 3.63) is 217 Å². The molecule has 0 bridgehead atoms. The highest BCUT2D eigenvalue weighted by Crippen LogP contribution is 2.32. The van der Waals surface area contributed by atoms with Gasteiger partial charge in [-0.15, -0.1) is 0 Å². The van der Waals surface area contributed by atoms with Gasteiger partial charge in [-0.1, -0.05) is 152 Å². The number of benzene rings is 6. The molecule has 54 heavy (non-hydrogen) atoms. The molecule has 0 saturated carbocycles. The zero-order valence-corrected chi connectivity index (χ0v) is 30.5. The molecule has 260 valence electrons. The zero-order valence-electron chi connectivity index (χ0n) is 30.5. The Hall–Kier alpha value is -7.22. The van der Waals surface area contributed by atoms with Crippen molar-refractivity contribution >= 4 is 17.1 Å². The lowest BCUT2D eigenvalue weighted by Gasteiger charge is -2.14. The molecule has 0 N–H and O–H groups in total. The van der Waals surface area contributed by atoms with Crippen molar-refractivity contribution in [2.75, 3.05) is 7.05 Å². The summed E-state index contributed by atoms with van der Waals surface area (Å²) in [5.74, 6) is 0. The molecule has 0 spiro atoms. The number of nitriles is 1. The summed E-state index contributed by atoms with van der Waals surface area (Å²) in [6.07, 6.45) is 5.58. The fraction of sp³-hybridized carbons (Fsp3) is 0.0400. The molecule has 0 aliphatic carbocycles. The van der Waals surface area contributed by atoms with Crippen molar-refractivity contribution in [3.63, 3.8) is 0 Å². The molecule has 0 aliphatic heterocycles. The molecule has 7 aromatic rings. The van der Waals surface area contributed by atoms with Crippen LogP contribution >= 0.6 is 0 Å². The minimum absolute atomic E-state index is 0.573. The first-order chi connectivity index (χ1) is 26.6. The lowest BCUT2D eigenvalue weighted by atomic mass is 9.94. The van der Waals surface area contributed by atoms with Gasteiger partial charge in [0.25, 0.3) is 0 Å². The number of para-hydroxylation sites is 1. The first-order valence-electron chi connectivity index (χ1n) is 17.8. The molecule has 4 heteroatoms. The van der Waals surface area contributed by atoms with E-state index in [9.17, 15) is 5.26 Å². The van der Waals surface area contributed by atoms with E-state index in [4.69, 9.17) is 15.0 Å². The largest absolute Gasteiger partial charge is 0.286 e. The van der Waals surface area contributed by atoms with E-state index in [1.165, 1.54) is 0 Å². The average Bonchev–Trinajstić information content (AvgIpc) is 3.25. The number of rotatable bonds is 9. The van der Waals surface area contributed by atoms with E-state index in [2.05, 4.69) is 110 Å². The molecule has 0 unspecified atom stereocenters. The van der Waals surface area contributed by atoms with Crippen molar-refractivity contribution in [2.24, 2.45) is 9.98 Å². The molecular weight excluding hydrogens is 657 g/mol. The quantitative estimate of drug-likeness (QED) is 0.111. The van der Waals surface area contributed by atoms with Crippen LogP contribution in [-0.4, -0.2) is 23.5 Å². The molecule has 0 amide bonds. The number of aliphatic imine (C=N–C) groups is 2. The van der Waals surface area contributed by atoms with Gasteiger partial charge < -0.3 is 0 Å². The van der Waals surface area contributed by atoms with Gasteiger partial charge in [-0.25, -0.2) is 9.98 Å². The van der Waals surface area contributed by atoms with Crippen LogP contribution in [0.2, 0.25) is 0 Å². The molecule has 0 atom stereocenters. The van der Waals surface area contributed by atoms with E-state index in [1.54, 1.807) is 19.2 Å². The van der Waals surface area contributed by atoms with Gasteiger partial charge in [-0.2, -0.15) is 5.26 Å². The Balaban J connectivity index is 0.000000934. The van der Waals surface area contributed by atoms with Gasteiger partial charge in [0, 0.05) is 29.3 Å². The lowest BCUT2D eigenvalue weighted by molar-refractivity contribution is 1.32. The van der Waals surface area contributed by atoms with Gasteiger partial charge >= 0.3 is 0 Å². The zero-order chi connectivity index (χ0) is 37.5. The Labute approximate surface area is 318 Å². The Kier molecular flexibility index (Phi) is 12.4. The van der Waals surface area contributed by atoms with Crippen LogP contribution in [0.1, 0.15) is 23.6 Å². The maximum atomic E-state index is 9.60. The summed E-state index contributed by atoms with van der Waals surface area (Å²) in [7, 11) is 1.77. The topological polar surface area (TPSA) is 61.4 Å². The van der Waals surface area contributed by atoms with Gasteiger partial charge in [-0.05, 0) is 77.7 Å². The summed E-state index contributed by atoms with van der Waals surface area (Å²) < 4.78 is 0. The molecule has 0 fully saturated rings. The number of aromatic nitrogens is 1. The second-order valence-electron chi connectivity index (χ2n) is 12.3. The summed E-state index contributed by atoms with van der Waals surface area (Å²) in [6.45, 7) is 5.42. The molecule has 4 nitrogen and oxygen atoms in total. The SMILES string of the molecule is C=C/C=C\C.CN=C(C(=Nc1ccccc1)c1cccc(-c2cccc(-c3cc(-c4ccccc4)cc(-c4ccccc4)n3)c2)c1)c1cccc(C#N)c1. The number of hydrogen-bond acceptors (Lipinski definition) is 4. The summed E-state index contributed by atoms with van der Waals surface area (Å²) in [6, 6.07) is 61.6. The average molecular weight is 697 g/mol. The van der Waals surface area contributed by atoms with E-state index in [-0.39, 0.29) is 0 Å². The fourth-order valence-corrected chi connectivity index (χ4v) is 6.07. The molecule has 7 rings (SSSR count). The second-order valence-corrected chi connectivity index (χ2v) is 12.3. The normalized spacial score (nSPS) is 11.4. The van der Waals surface area contributed by atoms with Crippen LogP contribution in [0.5, 0.6) is 0 Å². The maximum Gasteiger partial charge on any atom is 0.0991 e. The standard InChI is InChI=1S/C45H32N4.C5H8/c1-47-44(38-22-11-14-32(26-38)31-46)45(48-41-24-9-4-10-25-41)39-23-13-20-36(28-39)35-19-12-21-37(27-35)43-30-40(33-15-5-2-6-16-33)29-42(49-43)34-17-7-3-8-18-34;1-3-5-4-2/h2-30H,1H3;3-5H,1H2,2H3/b;5-4-. The summed E-state index contributed by atoms with van der Waals surface area (Å²) >= 11 is 0. The molecule has 1 heterocycles. The fourth-order valence-electron chi connectivity index (χ4n) is 6.07. The van der Waals surface area contributed by atoms with Crippen molar-refractivity contribution in [1.82, 2.24) is 4.98 Å². The lowest BCUT2D eigenvalue weighted by Crippen LogP contribution is -2.17. The van der Waals surface area contributed by atoms with Gasteiger partial charge in [0.1, 0.15) is 0 Å². The van der Waals surface area contributed by atoms with Gasteiger partial charge in [0.2, 0.25) is 0 Å². The van der Waals surface area contributed by atoms with Crippen molar-refractivity contribution in [2.45, 2.75) is 6.92 Å². The van der Waals surface area contributed by atoms with Gasteiger partial charge in [0.05, 0.1) is 40.1 Å². The van der Waals surface area contributed by atoms with Crippen LogP contribution in [-0.2, 0) is 0 Å². The van der Waals surface area contributed by atoms with E-state index < -0.39 is 0 Å². The number of hydrogen-bond donors (Lipinski definition) is 0. The number of nitrogens with zero attached hydrogens (tertiary/aromatic N) is 4. The number of allylic oxidation sites excluding steroid dienone is 3. The highest BCUT2D eigenvalue weighted by molar-refractivity contribution is 6.54. The van der Waals surface area contributed by atoms with Crippen LogP contribution in [0.4, 0.5) is 5.69 Å². The van der Waals surface area contributed by atoms with Crippen molar-refractivity contribution < 1.29 is 0 Å². The van der Waals surface area contributed by atoms with Crippen molar-refractivity contribution in [3.8, 4) is 50.8 Å². The maximum absolute atomic E-state index is 9.60.